The quantitative estimate of drug-likeness (QED) is 0.585. The summed E-state index contributed by atoms with van der Waals surface area (Å²) in [5.41, 5.74) is -0.504. The number of unbranched alkanes of at least 4 members (excludes halogenated alkanes) is 2. The van der Waals surface area contributed by atoms with Crippen LogP contribution in [0.3, 0.4) is 0 Å². The van der Waals surface area contributed by atoms with Gasteiger partial charge in [-0.2, -0.15) is 0 Å². The van der Waals surface area contributed by atoms with E-state index in [0.29, 0.717) is 24.0 Å². The average molecular weight is 282 g/mol. The van der Waals surface area contributed by atoms with Crippen LogP contribution in [0.25, 0.3) is 0 Å². The van der Waals surface area contributed by atoms with Crippen LogP contribution in [-0.2, 0) is 9.53 Å². The molecule has 2 heteroatoms. The van der Waals surface area contributed by atoms with Crippen molar-refractivity contribution in [2.24, 2.45) is 17.8 Å². The lowest BCUT2D eigenvalue weighted by molar-refractivity contribution is -0.162. The van der Waals surface area contributed by atoms with E-state index in [1.54, 1.807) is 7.11 Å². The molecule has 1 aliphatic rings. The minimum atomic E-state index is -0.504. The van der Waals surface area contributed by atoms with Gasteiger partial charge in [0.15, 0.2) is 5.78 Å². The molecule has 0 aromatic carbocycles. The van der Waals surface area contributed by atoms with Crippen molar-refractivity contribution >= 4 is 5.78 Å². The van der Waals surface area contributed by atoms with E-state index in [1.807, 2.05) is 0 Å². The van der Waals surface area contributed by atoms with Gasteiger partial charge in [-0.25, -0.2) is 0 Å². The Morgan fingerprint density at radius 3 is 2.25 bits per heavy atom. The van der Waals surface area contributed by atoms with Crippen molar-refractivity contribution in [3.63, 3.8) is 0 Å². The number of ketones is 1. The first-order valence-corrected chi connectivity index (χ1v) is 8.53. The maximum atomic E-state index is 12.7. The Balaban J connectivity index is 2.49. The second-order valence-electron chi connectivity index (χ2n) is 7.15. The molecule has 0 bridgehead atoms. The Morgan fingerprint density at radius 1 is 1.15 bits per heavy atom. The molecule has 0 N–H and O–H groups in total. The standard InChI is InChI=1S/C18H34O2/c1-14(2)10-7-6-8-13-17(19)18(20-5)15(3)11-9-12-16(18)4/h14-16H,6-13H2,1-5H3. The summed E-state index contributed by atoms with van der Waals surface area (Å²) in [7, 11) is 1.73. The fraction of sp³-hybridized carbons (Fsp3) is 0.944. The number of carbonyl (C=O) groups is 1. The third kappa shape index (κ3) is 4.07. The first kappa shape index (κ1) is 17.7. The van der Waals surface area contributed by atoms with Crippen molar-refractivity contribution in [1.82, 2.24) is 0 Å². The van der Waals surface area contributed by atoms with E-state index in [0.717, 1.165) is 25.2 Å². The molecule has 1 saturated carbocycles. The van der Waals surface area contributed by atoms with Gasteiger partial charge in [0.1, 0.15) is 5.60 Å². The van der Waals surface area contributed by atoms with Gasteiger partial charge >= 0.3 is 0 Å². The molecule has 0 aromatic heterocycles. The monoisotopic (exact) mass is 282 g/mol. The minimum absolute atomic E-state index is 0.351. The number of hydrogen-bond donors (Lipinski definition) is 0. The molecule has 0 aliphatic heterocycles. The molecule has 2 unspecified atom stereocenters. The third-order valence-electron chi connectivity index (χ3n) is 5.20. The van der Waals surface area contributed by atoms with Crippen LogP contribution in [0.15, 0.2) is 0 Å². The first-order valence-electron chi connectivity index (χ1n) is 8.53. The molecule has 2 nitrogen and oxygen atoms in total. The summed E-state index contributed by atoms with van der Waals surface area (Å²) in [5, 5.41) is 0. The molecule has 1 aliphatic carbocycles. The van der Waals surface area contributed by atoms with Crippen molar-refractivity contribution in [1.29, 1.82) is 0 Å². The maximum absolute atomic E-state index is 12.7. The summed E-state index contributed by atoms with van der Waals surface area (Å²) in [6.45, 7) is 8.90. The van der Waals surface area contributed by atoms with Gasteiger partial charge in [-0.1, -0.05) is 53.4 Å². The SMILES string of the molecule is COC1(C(=O)CCCCCC(C)C)C(C)CCCC1C. The molecule has 2 atom stereocenters. The summed E-state index contributed by atoms with van der Waals surface area (Å²) in [6, 6.07) is 0. The number of carbonyl (C=O) groups excluding carboxylic acids is 1. The fourth-order valence-corrected chi connectivity index (χ4v) is 3.92. The molecule has 0 radical (unpaired) electrons. The normalized spacial score (nSPS) is 30.7. The molecular formula is C18H34O2. The van der Waals surface area contributed by atoms with Gasteiger partial charge in [0.05, 0.1) is 0 Å². The molecule has 118 valence electrons. The van der Waals surface area contributed by atoms with Crippen LogP contribution in [0.4, 0.5) is 0 Å². The van der Waals surface area contributed by atoms with Crippen LogP contribution >= 0.6 is 0 Å². The predicted octanol–water partition coefficient (Wildman–Crippen LogP) is 5.00. The van der Waals surface area contributed by atoms with Gasteiger partial charge < -0.3 is 4.74 Å². The minimum Gasteiger partial charge on any atom is -0.370 e. The van der Waals surface area contributed by atoms with Crippen LogP contribution in [0.2, 0.25) is 0 Å². The van der Waals surface area contributed by atoms with Crippen molar-refractivity contribution < 1.29 is 9.53 Å². The number of Topliss-reactive ketones (excluding diaryl/α,β-unsaturated/α-hetero) is 1. The predicted molar refractivity (Wildman–Crippen MR) is 84.8 cm³/mol. The topological polar surface area (TPSA) is 26.3 Å². The van der Waals surface area contributed by atoms with Gasteiger partial charge in [-0.15, -0.1) is 0 Å². The van der Waals surface area contributed by atoms with Crippen LogP contribution in [0.5, 0.6) is 0 Å². The second kappa shape index (κ2) is 8.17. The number of hydrogen-bond acceptors (Lipinski definition) is 2. The lowest BCUT2D eigenvalue weighted by Crippen LogP contribution is -2.53. The van der Waals surface area contributed by atoms with Crippen LogP contribution < -0.4 is 0 Å². The Kier molecular flexibility index (Phi) is 7.22. The highest BCUT2D eigenvalue weighted by Crippen LogP contribution is 2.42. The van der Waals surface area contributed by atoms with Crippen molar-refractivity contribution in [3.8, 4) is 0 Å². The summed E-state index contributed by atoms with van der Waals surface area (Å²) in [5.74, 6) is 1.84. The van der Waals surface area contributed by atoms with Crippen molar-refractivity contribution in [3.05, 3.63) is 0 Å². The Bertz CT molecular complexity index is 286. The van der Waals surface area contributed by atoms with E-state index in [1.165, 1.54) is 25.7 Å². The fourth-order valence-electron chi connectivity index (χ4n) is 3.92. The second-order valence-corrected chi connectivity index (χ2v) is 7.15. The zero-order chi connectivity index (χ0) is 15.2. The highest BCUT2D eigenvalue weighted by molar-refractivity contribution is 5.88. The van der Waals surface area contributed by atoms with E-state index >= 15 is 0 Å². The lowest BCUT2D eigenvalue weighted by atomic mass is 9.66. The third-order valence-corrected chi connectivity index (χ3v) is 5.20. The molecule has 20 heavy (non-hydrogen) atoms. The Labute approximate surface area is 125 Å². The van der Waals surface area contributed by atoms with Crippen molar-refractivity contribution in [2.45, 2.75) is 84.7 Å². The van der Waals surface area contributed by atoms with E-state index in [-0.39, 0.29) is 0 Å². The smallest absolute Gasteiger partial charge is 0.165 e. The van der Waals surface area contributed by atoms with E-state index in [9.17, 15) is 4.79 Å². The molecule has 0 saturated heterocycles. The first-order chi connectivity index (χ1) is 9.45. The van der Waals surface area contributed by atoms with Crippen LogP contribution in [-0.4, -0.2) is 18.5 Å². The highest BCUT2D eigenvalue weighted by Gasteiger charge is 2.48. The van der Waals surface area contributed by atoms with Crippen molar-refractivity contribution in [2.75, 3.05) is 7.11 Å². The zero-order valence-corrected chi connectivity index (χ0v) is 14.2. The molecular weight excluding hydrogens is 248 g/mol. The maximum Gasteiger partial charge on any atom is 0.165 e. The molecule has 0 amide bonds. The van der Waals surface area contributed by atoms with Crippen LogP contribution in [0.1, 0.15) is 79.1 Å². The van der Waals surface area contributed by atoms with E-state index in [2.05, 4.69) is 27.7 Å². The Morgan fingerprint density at radius 2 is 1.75 bits per heavy atom. The molecule has 0 spiro atoms. The van der Waals surface area contributed by atoms with E-state index < -0.39 is 5.60 Å². The average Bonchev–Trinajstić information content (AvgIpc) is 2.38. The molecule has 1 rings (SSSR count). The highest BCUT2D eigenvalue weighted by atomic mass is 16.5. The van der Waals surface area contributed by atoms with Gasteiger partial charge in [-0.05, 0) is 37.0 Å². The largest absolute Gasteiger partial charge is 0.370 e. The molecule has 0 aromatic rings. The van der Waals surface area contributed by atoms with Gasteiger partial charge in [0.2, 0.25) is 0 Å². The summed E-state index contributed by atoms with van der Waals surface area (Å²) in [4.78, 5) is 12.7. The lowest BCUT2D eigenvalue weighted by Gasteiger charge is -2.45. The number of ether oxygens (including phenoxy) is 1. The molecule has 0 heterocycles. The van der Waals surface area contributed by atoms with Crippen LogP contribution in [0, 0.1) is 17.8 Å². The summed E-state index contributed by atoms with van der Waals surface area (Å²) in [6.07, 6.45) is 8.89. The Hall–Kier alpha value is -0.370. The number of rotatable bonds is 8. The van der Waals surface area contributed by atoms with Gasteiger partial charge in [0, 0.05) is 13.5 Å². The summed E-state index contributed by atoms with van der Waals surface area (Å²) < 4.78 is 5.81. The van der Waals surface area contributed by atoms with Gasteiger partial charge in [0.25, 0.3) is 0 Å². The zero-order valence-electron chi connectivity index (χ0n) is 14.2. The van der Waals surface area contributed by atoms with Gasteiger partial charge in [-0.3, -0.25) is 4.79 Å². The number of methoxy groups -OCH3 is 1. The summed E-state index contributed by atoms with van der Waals surface area (Å²) >= 11 is 0. The van der Waals surface area contributed by atoms with E-state index in [4.69, 9.17) is 4.74 Å². The molecule has 1 fully saturated rings.